The highest BCUT2D eigenvalue weighted by molar-refractivity contribution is 5.80. The van der Waals surface area contributed by atoms with E-state index in [1.54, 1.807) is 7.11 Å². The maximum atomic E-state index is 12.2. The third-order valence-corrected chi connectivity index (χ3v) is 3.80. The topological polar surface area (TPSA) is 64.3 Å². The Morgan fingerprint density at radius 1 is 1.59 bits per heavy atom. The molecule has 3 N–H and O–H groups in total. The summed E-state index contributed by atoms with van der Waals surface area (Å²) in [6.45, 7) is 5.47. The van der Waals surface area contributed by atoms with Gasteiger partial charge < -0.3 is 15.8 Å². The summed E-state index contributed by atoms with van der Waals surface area (Å²) in [6.07, 6.45) is 4.06. The highest BCUT2D eigenvalue weighted by atomic mass is 16.5. The molecular weight excluding hydrogens is 216 g/mol. The minimum Gasteiger partial charge on any atom is -0.383 e. The zero-order chi connectivity index (χ0) is 12.9. The van der Waals surface area contributed by atoms with Gasteiger partial charge in [0, 0.05) is 13.0 Å². The number of nitrogens with two attached hydrogens (primary N) is 1. The quantitative estimate of drug-likeness (QED) is 0.737. The summed E-state index contributed by atoms with van der Waals surface area (Å²) in [4.78, 5) is 12.2. The van der Waals surface area contributed by atoms with Gasteiger partial charge in [-0.1, -0.05) is 20.3 Å². The molecule has 1 fully saturated rings. The summed E-state index contributed by atoms with van der Waals surface area (Å²) in [5.41, 5.74) is 5.66. The van der Waals surface area contributed by atoms with Crippen molar-refractivity contribution in [1.29, 1.82) is 0 Å². The number of rotatable bonds is 6. The number of hydrogen-bond acceptors (Lipinski definition) is 3. The van der Waals surface area contributed by atoms with Gasteiger partial charge in [0.2, 0.25) is 5.91 Å². The van der Waals surface area contributed by atoms with E-state index in [0.29, 0.717) is 13.2 Å². The fourth-order valence-electron chi connectivity index (χ4n) is 2.71. The summed E-state index contributed by atoms with van der Waals surface area (Å²) >= 11 is 0. The molecule has 0 aromatic heterocycles. The van der Waals surface area contributed by atoms with Crippen molar-refractivity contribution < 1.29 is 9.53 Å². The van der Waals surface area contributed by atoms with Crippen LogP contribution in [-0.4, -0.2) is 32.2 Å². The van der Waals surface area contributed by atoms with Gasteiger partial charge in [0.25, 0.3) is 0 Å². The highest BCUT2D eigenvalue weighted by Crippen LogP contribution is 2.42. The molecule has 1 aliphatic carbocycles. The SMILES string of the molecule is COCC(CCN)NC(=O)C1CCCC1(C)C. The van der Waals surface area contributed by atoms with E-state index in [1.165, 1.54) is 0 Å². The molecule has 1 amide bonds. The average Bonchev–Trinajstić information content (AvgIpc) is 2.58. The van der Waals surface area contributed by atoms with Gasteiger partial charge in [0.05, 0.1) is 12.6 Å². The van der Waals surface area contributed by atoms with Crippen LogP contribution in [0, 0.1) is 11.3 Å². The molecule has 0 bridgehead atoms. The Labute approximate surface area is 104 Å². The molecule has 0 saturated heterocycles. The van der Waals surface area contributed by atoms with Crippen molar-refractivity contribution in [3.05, 3.63) is 0 Å². The molecule has 2 unspecified atom stereocenters. The average molecular weight is 242 g/mol. The van der Waals surface area contributed by atoms with E-state index in [0.717, 1.165) is 25.7 Å². The number of nitrogens with one attached hydrogen (secondary N) is 1. The van der Waals surface area contributed by atoms with Crippen LogP contribution < -0.4 is 11.1 Å². The van der Waals surface area contributed by atoms with Crippen LogP contribution >= 0.6 is 0 Å². The van der Waals surface area contributed by atoms with E-state index >= 15 is 0 Å². The number of methoxy groups -OCH3 is 1. The molecule has 4 heteroatoms. The van der Waals surface area contributed by atoms with Crippen LogP contribution in [0.25, 0.3) is 0 Å². The first-order valence-electron chi connectivity index (χ1n) is 6.50. The van der Waals surface area contributed by atoms with Crippen molar-refractivity contribution in [1.82, 2.24) is 5.32 Å². The maximum Gasteiger partial charge on any atom is 0.223 e. The Balaban J connectivity index is 2.51. The molecule has 0 heterocycles. The summed E-state index contributed by atoms with van der Waals surface area (Å²) in [7, 11) is 1.65. The van der Waals surface area contributed by atoms with E-state index in [4.69, 9.17) is 10.5 Å². The molecular formula is C13H26N2O2. The van der Waals surface area contributed by atoms with Gasteiger partial charge in [-0.2, -0.15) is 0 Å². The molecule has 17 heavy (non-hydrogen) atoms. The van der Waals surface area contributed by atoms with E-state index < -0.39 is 0 Å². The fourth-order valence-corrected chi connectivity index (χ4v) is 2.71. The van der Waals surface area contributed by atoms with Crippen molar-refractivity contribution in [2.24, 2.45) is 17.1 Å². The summed E-state index contributed by atoms with van der Waals surface area (Å²) in [5, 5.41) is 3.07. The van der Waals surface area contributed by atoms with Gasteiger partial charge in [-0.3, -0.25) is 4.79 Å². The standard InChI is InChI=1S/C13H26N2O2/c1-13(2)7-4-5-11(13)12(16)15-10(6-8-14)9-17-3/h10-11H,4-9,14H2,1-3H3,(H,15,16). The summed E-state index contributed by atoms with van der Waals surface area (Å²) in [6, 6.07) is 0.0499. The first kappa shape index (κ1) is 14.5. The minimum absolute atomic E-state index is 0.0499. The summed E-state index contributed by atoms with van der Waals surface area (Å²) < 4.78 is 5.10. The largest absolute Gasteiger partial charge is 0.383 e. The van der Waals surface area contributed by atoms with Crippen molar-refractivity contribution in [2.75, 3.05) is 20.3 Å². The molecule has 1 aliphatic rings. The number of ether oxygens (including phenoxy) is 1. The normalized spacial score (nSPS) is 24.6. The van der Waals surface area contributed by atoms with Gasteiger partial charge in [-0.25, -0.2) is 0 Å². The molecule has 1 rings (SSSR count). The zero-order valence-corrected chi connectivity index (χ0v) is 11.3. The first-order chi connectivity index (χ1) is 8.01. The van der Waals surface area contributed by atoms with Crippen molar-refractivity contribution >= 4 is 5.91 Å². The Hall–Kier alpha value is -0.610. The van der Waals surface area contributed by atoms with E-state index in [9.17, 15) is 4.79 Å². The lowest BCUT2D eigenvalue weighted by atomic mass is 9.81. The van der Waals surface area contributed by atoms with Gasteiger partial charge in [-0.05, 0) is 31.2 Å². The monoisotopic (exact) mass is 242 g/mol. The predicted octanol–water partition coefficient (Wildman–Crippen LogP) is 1.29. The van der Waals surface area contributed by atoms with Gasteiger partial charge in [-0.15, -0.1) is 0 Å². The number of amides is 1. The Kier molecular flexibility index (Phi) is 5.40. The Morgan fingerprint density at radius 2 is 2.29 bits per heavy atom. The lowest BCUT2D eigenvalue weighted by Gasteiger charge is -2.28. The van der Waals surface area contributed by atoms with Crippen LogP contribution in [0.2, 0.25) is 0 Å². The fraction of sp³-hybridized carbons (Fsp3) is 0.923. The Bertz CT molecular complexity index is 248. The smallest absolute Gasteiger partial charge is 0.223 e. The third-order valence-electron chi connectivity index (χ3n) is 3.80. The van der Waals surface area contributed by atoms with Crippen LogP contribution in [0.15, 0.2) is 0 Å². The second-order valence-corrected chi connectivity index (χ2v) is 5.67. The molecule has 0 spiro atoms. The maximum absolute atomic E-state index is 12.2. The molecule has 0 aromatic rings. The van der Waals surface area contributed by atoms with Gasteiger partial charge in [0.1, 0.15) is 0 Å². The van der Waals surface area contributed by atoms with E-state index in [1.807, 2.05) is 0 Å². The molecule has 100 valence electrons. The van der Waals surface area contributed by atoms with Crippen LogP contribution in [-0.2, 0) is 9.53 Å². The lowest BCUT2D eigenvalue weighted by Crippen LogP contribution is -2.44. The molecule has 0 radical (unpaired) electrons. The molecule has 1 saturated carbocycles. The van der Waals surface area contributed by atoms with Gasteiger partial charge in [0.15, 0.2) is 0 Å². The molecule has 4 nitrogen and oxygen atoms in total. The van der Waals surface area contributed by atoms with Crippen LogP contribution in [0.5, 0.6) is 0 Å². The second-order valence-electron chi connectivity index (χ2n) is 5.67. The van der Waals surface area contributed by atoms with E-state index in [2.05, 4.69) is 19.2 Å². The van der Waals surface area contributed by atoms with Crippen LogP contribution in [0.1, 0.15) is 39.5 Å². The van der Waals surface area contributed by atoms with Crippen LogP contribution in [0.4, 0.5) is 0 Å². The molecule has 2 atom stereocenters. The molecule has 0 aromatic carbocycles. The summed E-state index contributed by atoms with van der Waals surface area (Å²) in [5.74, 6) is 0.308. The molecule has 0 aliphatic heterocycles. The highest BCUT2D eigenvalue weighted by Gasteiger charge is 2.39. The third kappa shape index (κ3) is 3.96. The van der Waals surface area contributed by atoms with E-state index in [-0.39, 0.29) is 23.3 Å². The number of hydrogen-bond donors (Lipinski definition) is 2. The lowest BCUT2D eigenvalue weighted by molar-refractivity contribution is -0.128. The first-order valence-corrected chi connectivity index (χ1v) is 6.50. The predicted molar refractivity (Wildman–Crippen MR) is 68.6 cm³/mol. The Morgan fingerprint density at radius 3 is 2.76 bits per heavy atom. The number of carbonyl (C=O) groups is 1. The second kappa shape index (κ2) is 6.36. The minimum atomic E-state index is 0.0499. The van der Waals surface area contributed by atoms with Crippen molar-refractivity contribution in [3.8, 4) is 0 Å². The van der Waals surface area contributed by atoms with Gasteiger partial charge >= 0.3 is 0 Å². The van der Waals surface area contributed by atoms with Crippen molar-refractivity contribution in [2.45, 2.75) is 45.6 Å². The van der Waals surface area contributed by atoms with Crippen LogP contribution in [0.3, 0.4) is 0 Å². The zero-order valence-electron chi connectivity index (χ0n) is 11.3. The number of carbonyl (C=O) groups excluding carboxylic acids is 1. The van der Waals surface area contributed by atoms with Crippen molar-refractivity contribution in [3.63, 3.8) is 0 Å².